The normalized spacial score (nSPS) is 21.8. The van der Waals surface area contributed by atoms with Crippen LogP contribution in [0.4, 0.5) is 5.95 Å². The van der Waals surface area contributed by atoms with Gasteiger partial charge in [-0.3, -0.25) is 4.79 Å². The molecule has 4 heterocycles. The van der Waals surface area contributed by atoms with E-state index in [0.29, 0.717) is 25.0 Å². The van der Waals surface area contributed by atoms with E-state index in [-0.39, 0.29) is 11.5 Å². The van der Waals surface area contributed by atoms with Gasteiger partial charge in [0.15, 0.2) is 0 Å². The van der Waals surface area contributed by atoms with Crippen LogP contribution in [0.25, 0.3) is 0 Å². The van der Waals surface area contributed by atoms with Gasteiger partial charge in [-0.2, -0.15) is 0 Å². The van der Waals surface area contributed by atoms with E-state index in [1.165, 1.54) is 11.3 Å². The van der Waals surface area contributed by atoms with Crippen LogP contribution in [0.5, 0.6) is 0 Å². The number of rotatable bonds is 4. The van der Waals surface area contributed by atoms with Gasteiger partial charge in [0.25, 0.3) is 5.91 Å². The summed E-state index contributed by atoms with van der Waals surface area (Å²) >= 11 is 1.52. The average molecular weight is 358 g/mol. The summed E-state index contributed by atoms with van der Waals surface area (Å²) in [7, 11) is 0. The molecule has 1 N–H and O–H groups in total. The summed E-state index contributed by atoms with van der Waals surface area (Å²) in [4.78, 5) is 23.6. The van der Waals surface area contributed by atoms with Gasteiger partial charge in [0, 0.05) is 18.9 Å². The number of carbonyl (C=O) groups excluding carboxylic acids is 1. The molecule has 0 aliphatic carbocycles. The number of aryl methyl sites for hydroxylation is 1. The third-order valence-corrected chi connectivity index (χ3v) is 6.05. The van der Waals surface area contributed by atoms with Crippen LogP contribution in [0.3, 0.4) is 0 Å². The number of hydrogen-bond acceptors (Lipinski definition) is 6. The Bertz CT molecular complexity index is 733. The highest BCUT2D eigenvalue weighted by atomic mass is 32.1. The number of carbonyl (C=O) groups is 1. The van der Waals surface area contributed by atoms with E-state index < -0.39 is 0 Å². The van der Waals surface area contributed by atoms with E-state index in [1.54, 1.807) is 18.5 Å². The molecule has 6 nitrogen and oxygen atoms in total. The Kier molecular flexibility index (Phi) is 4.43. The van der Waals surface area contributed by atoms with E-state index >= 15 is 0 Å². The van der Waals surface area contributed by atoms with Crippen LogP contribution >= 0.6 is 11.3 Å². The first-order valence-corrected chi connectivity index (χ1v) is 9.51. The van der Waals surface area contributed by atoms with Gasteiger partial charge in [0.1, 0.15) is 5.60 Å². The minimum Gasteiger partial charge on any atom is -0.371 e. The third-order valence-electron chi connectivity index (χ3n) is 5.05. The molecule has 7 heteroatoms. The number of ether oxygens (including phenoxy) is 1. The molecule has 0 bridgehead atoms. The van der Waals surface area contributed by atoms with E-state index in [1.807, 2.05) is 23.3 Å². The maximum atomic E-state index is 12.5. The summed E-state index contributed by atoms with van der Waals surface area (Å²) in [6.45, 7) is 4.96. The maximum absolute atomic E-state index is 12.5. The van der Waals surface area contributed by atoms with Gasteiger partial charge in [-0.25, -0.2) is 9.97 Å². The molecule has 25 heavy (non-hydrogen) atoms. The smallest absolute Gasteiger partial charge is 0.264 e. The third kappa shape index (κ3) is 3.39. The monoisotopic (exact) mass is 358 g/mol. The fraction of sp³-hybridized carbons (Fsp3) is 0.500. The molecule has 2 aromatic rings. The lowest BCUT2D eigenvalue weighted by Crippen LogP contribution is -2.66. The minimum absolute atomic E-state index is 0.124. The molecule has 0 aromatic carbocycles. The summed E-state index contributed by atoms with van der Waals surface area (Å²) in [5.74, 6) is 1.26. The van der Waals surface area contributed by atoms with Crippen molar-refractivity contribution in [1.29, 1.82) is 0 Å². The van der Waals surface area contributed by atoms with Crippen LogP contribution in [-0.2, 0) is 4.74 Å². The molecule has 4 rings (SSSR count). The number of thiophene rings is 1. The molecule has 2 aromatic heterocycles. The molecule has 2 fully saturated rings. The summed E-state index contributed by atoms with van der Waals surface area (Å²) in [5.41, 5.74) is 0.940. The lowest BCUT2D eigenvalue weighted by molar-refractivity contribution is -0.165. The van der Waals surface area contributed by atoms with Crippen molar-refractivity contribution in [2.24, 2.45) is 5.92 Å². The minimum atomic E-state index is -0.124. The Morgan fingerprint density at radius 2 is 2.24 bits per heavy atom. The number of likely N-dealkylation sites (tertiary alicyclic amines) is 1. The van der Waals surface area contributed by atoms with Gasteiger partial charge in [-0.1, -0.05) is 0 Å². The highest BCUT2D eigenvalue weighted by molar-refractivity contribution is 7.12. The van der Waals surface area contributed by atoms with Crippen molar-refractivity contribution in [3.05, 3.63) is 40.3 Å². The molecule has 1 unspecified atom stereocenters. The summed E-state index contributed by atoms with van der Waals surface area (Å²) in [5, 5.41) is 5.24. The number of anilines is 1. The van der Waals surface area contributed by atoms with Crippen molar-refractivity contribution in [2.45, 2.75) is 25.4 Å². The molecule has 2 aliphatic heterocycles. The van der Waals surface area contributed by atoms with E-state index in [2.05, 4.69) is 15.3 Å². The van der Waals surface area contributed by atoms with Crippen LogP contribution in [0.1, 0.15) is 28.1 Å². The zero-order valence-corrected chi connectivity index (χ0v) is 15.1. The Hall–Kier alpha value is -1.99. The standard InChI is InChI=1S/C18H22N4O2S/c1-13-4-8-25-15(13)16(23)22-11-18(12-22)5-3-14(10-24-18)9-21-17-19-6-2-7-20-17/h2,4,6-8,14H,3,5,9-12H2,1H3,(H,19,20,21). The second-order valence-corrected chi connectivity index (χ2v) is 7.86. The van der Waals surface area contributed by atoms with Crippen LogP contribution in [0.2, 0.25) is 0 Å². The van der Waals surface area contributed by atoms with Crippen LogP contribution in [0, 0.1) is 12.8 Å². The zero-order valence-electron chi connectivity index (χ0n) is 14.3. The fourth-order valence-corrected chi connectivity index (χ4v) is 4.37. The van der Waals surface area contributed by atoms with Crippen molar-refractivity contribution in [2.75, 3.05) is 31.6 Å². The summed E-state index contributed by atoms with van der Waals surface area (Å²) < 4.78 is 6.16. The lowest BCUT2D eigenvalue weighted by Gasteiger charge is -2.52. The molecule has 132 valence electrons. The average Bonchev–Trinajstić information content (AvgIpc) is 3.05. The van der Waals surface area contributed by atoms with Crippen molar-refractivity contribution >= 4 is 23.2 Å². The number of aromatic nitrogens is 2. The SMILES string of the molecule is Cc1ccsc1C(=O)N1CC2(CCC(CNc3ncccn3)CO2)C1. The molecular formula is C18H22N4O2S. The van der Waals surface area contributed by atoms with Crippen molar-refractivity contribution < 1.29 is 9.53 Å². The summed E-state index contributed by atoms with van der Waals surface area (Å²) in [6.07, 6.45) is 5.57. The topological polar surface area (TPSA) is 67.4 Å². The Balaban J connectivity index is 1.24. The molecule has 2 aliphatic rings. The first-order valence-electron chi connectivity index (χ1n) is 8.63. The van der Waals surface area contributed by atoms with Crippen LogP contribution < -0.4 is 5.32 Å². The second kappa shape index (κ2) is 6.72. The van der Waals surface area contributed by atoms with Crippen molar-refractivity contribution in [3.8, 4) is 0 Å². The first kappa shape index (κ1) is 16.5. The molecular weight excluding hydrogens is 336 g/mol. The number of amides is 1. The van der Waals surface area contributed by atoms with E-state index in [4.69, 9.17) is 4.74 Å². The lowest BCUT2D eigenvalue weighted by atomic mass is 9.82. The Morgan fingerprint density at radius 3 is 2.88 bits per heavy atom. The Morgan fingerprint density at radius 1 is 1.44 bits per heavy atom. The quantitative estimate of drug-likeness (QED) is 0.910. The first-order chi connectivity index (χ1) is 12.2. The van der Waals surface area contributed by atoms with Gasteiger partial charge in [0.2, 0.25) is 5.95 Å². The summed E-state index contributed by atoms with van der Waals surface area (Å²) in [6, 6.07) is 3.80. The predicted molar refractivity (Wildman–Crippen MR) is 96.9 cm³/mol. The van der Waals surface area contributed by atoms with Crippen molar-refractivity contribution in [1.82, 2.24) is 14.9 Å². The Labute approximate surface area is 151 Å². The van der Waals surface area contributed by atoms with Crippen LogP contribution in [-0.4, -0.2) is 52.6 Å². The predicted octanol–water partition coefficient (Wildman–Crippen LogP) is 2.58. The van der Waals surface area contributed by atoms with Gasteiger partial charge in [-0.15, -0.1) is 11.3 Å². The second-order valence-electron chi connectivity index (χ2n) is 6.95. The molecule has 1 spiro atoms. The van der Waals surface area contributed by atoms with Gasteiger partial charge in [-0.05, 0) is 48.8 Å². The van der Waals surface area contributed by atoms with E-state index in [9.17, 15) is 4.79 Å². The van der Waals surface area contributed by atoms with Crippen LogP contribution in [0.15, 0.2) is 29.9 Å². The molecule has 2 saturated heterocycles. The highest BCUT2D eigenvalue weighted by Gasteiger charge is 2.48. The number of nitrogens with one attached hydrogen (secondary N) is 1. The maximum Gasteiger partial charge on any atom is 0.264 e. The zero-order chi connectivity index (χ0) is 17.3. The van der Waals surface area contributed by atoms with E-state index in [0.717, 1.165) is 36.4 Å². The molecule has 0 radical (unpaired) electrons. The molecule has 1 amide bonds. The number of nitrogens with zero attached hydrogens (tertiary/aromatic N) is 3. The highest BCUT2D eigenvalue weighted by Crippen LogP contribution is 2.37. The molecule has 0 saturated carbocycles. The fourth-order valence-electron chi connectivity index (χ4n) is 3.48. The van der Waals surface area contributed by atoms with Gasteiger partial charge >= 0.3 is 0 Å². The molecule has 1 atom stereocenters. The van der Waals surface area contributed by atoms with Gasteiger partial charge < -0.3 is 15.0 Å². The van der Waals surface area contributed by atoms with Crippen molar-refractivity contribution in [3.63, 3.8) is 0 Å². The van der Waals surface area contributed by atoms with Gasteiger partial charge in [0.05, 0.1) is 24.6 Å². The number of hydrogen-bond donors (Lipinski definition) is 1. The largest absolute Gasteiger partial charge is 0.371 e.